The van der Waals surface area contributed by atoms with Crippen LogP contribution in [0.15, 0.2) is 6.33 Å². The van der Waals surface area contributed by atoms with Crippen LogP contribution < -0.4 is 10.6 Å². The molecule has 19 heavy (non-hydrogen) atoms. The quantitative estimate of drug-likeness (QED) is 0.679. The zero-order chi connectivity index (χ0) is 14.5. The number of hydrogen-bond acceptors (Lipinski definition) is 6. The molecule has 0 spiro atoms. The van der Waals surface area contributed by atoms with Gasteiger partial charge in [-0.25, -0.2) is 9.97 Å². The third-order valence-corrected chi connectivity index (χ3v) is 2.83. The Kier molecular flexibility index (Phi) is 5.50. The molecule has 108 valence electrons. The first-order valence-electron chi connectivity index (χ1n) is 6.52. The number of hydrogen-bond donors (Lipinski definition) is 3. The SMILES string of the molecule is CCc1c(NC)ncnc1NCC(C)(O)CN(C)C. The summed E-state index contributed by atoms with van der Waals surface area (Å²) in [6.45, 7) is 4.90. The van der Waals surface area contributed by atoms with Gasteiger partial charge >= 0.3 is 0 Å². The lowest BCUT2D eigenvalue weighted by Crippen LogP contribution is -2.43. The number of anilines is 2. The normalized spacial score (nSPS) is 14.3. The van der Waals surface area contributed by atoms with Crippen LogP contribution in [0.2, 0.25) is 0 Å². The van der Waals surface area contributed by atoms with Crippen LogP contribution in [-0.4, -0.2) is 59.8 Å². The molecule has 0 radical (unpaired) electrons. The van der Waals surface area contributed by atoms with E-state index in [1.807, 2.05) is 33.0 Å². The summed E-state index contributed by atoms with van der Waals surface area (Å²) in [7, 11) is 5.72. The highest BCUT2D eigenvalue weighted by Crippen LogP contribution is 2.20. The average molecular weight is 267 g/mol. The highest BCUT2D eigenvalue weighted by atomic mass is 16.3. The highest BCUT2D eigenvalue weighted by molar-refractivity contribution is 5.57. The minimum Gasteiger partial charge on any atom is -0.387 e. The van der Waals surface area contributed by atoms with Gasteiger partial charge in [0.15, 0.2) is 0 Å². The largest absolute Gasteiger partial charge is 0.387 e. The monoisotopic (exact) mass is 267 g/mol. The van der Waals surface area contributed by atoms with Crippen LogP contribution in [0.4, 0.5) is 11.6 Å². The van der Waals surface area contributed by atoms with Crippen molar-refractivity contribution in [2.24, 2.45) is 0 Å². The van der Waals surface area contributed by atoms with E-state index >= 15 is 0 Å². The molecule has 1 aromatic heterocycles. The van der Waals surface area contributed by atoms with Gasteiger partial charge in [-0.1, -0.05) is 6.92 Å². The first-order chi connectivity index (χ1) is 8.89. The van der Waals surface area contributed by atoms with E-state index in [4.69, 9.17) is 0 Å². The van der Waals surface area contributed by atoms with Crippen molar-refractivity contribution in [1.82, 2.24) is 14.9 Å². The van der Waals surface area contributed by atoms with E-state index < -0.39 is 5.60 Å². The molecule has 6 nitrogen and oxygen atoms in total. The first kappa shape index (κ1) is 15.7. The molecule has 0 aliphatic carbocycles. The minimum atomic E-state index is -0.806. The summed E-state index contributed by atoms with van der Waals surface area (Å²) in [6.07, 6.45) is 2.35. The minimum absolute atomic E-state index is 0.443. The standard InChI is InChI=1S/C13H25N5O/c1-6-10-11(14-3)16-9-17-12(10)15-7-13(2,19)8-18(4)5/h9,19H,6-8H2,1-5H3,(H2,14,15,16,17). The van der Waals surface area contributed by atoms with E-state index in [-0.39, 0.29) is 0 Å². The van der Waals surface area contributed by atoms with Crippen molar-refractivity contribution in [3.63, 3.8) is 0 Å². The van der Waals surface area contributed by atoms with Crippen molar-refractivity contribution in [2.75, 3.05) is 44.9 Å². The second kappa shape index (κ2) is 6.68. The summed E-state index contributed by atoms with van der Waals surface area (Å²) in [6, 6.07) is 0. The molecule has 0 aromatic carbocycles. The molecule has 6 heteroatoms. The lowest BCUT2D eigenvalue weighted by atomic mass is 10.1. The Bertz CT molecular complexity index is 406. The summed E-state index contributed by atoms with van der Waals surface area (Å²) in [5, 5.41) is 16.5. The lowest BCUT2D eigenvalue weighted by Gasteiger charge is -2.27. The summed E-state index contributed by atoms with van der Waals surface area (Å²) < 4.78 is 0. The molecular formula is C13H25N5O. The van der Waals surface area contributed by atoms with Gasteiger partial charge in [-0.05, 0) is 27.4 Å². The van der Waals surface area contributed by atoms with Crippen molar-refractivity contribution in [1.29, 1.82) is 0 Å². The van der Waals surface area contributed by atoms with E-state index in [9.17, 15) is 5.11 Å². The number of nitrogens with one attached hydrogen (secondary N) is 2. The predicted octanol–water partition coefficient (Wildman–Crippen LogP) is 0.805. The fourth-order valence-corrected chi connectivity index (χ4v) is 2.13. The van der Waals surface area contributed by atoms with E-state index in [2.05, 4.69) is 27.5 Å². The van der Waals surface area contributed by atoms with Crippen LogP contribution in [0, 0.1) is 0 Å². The molecule has 0 fully saturated rings. The molecule has 1 aromatic rings. The molecule has 0 aliphatic rings. The molecule has 0 amide bonds. The summed E-state index contributed by atoms with van der Waals surface area (Å²) in [5.74, 6) is 1.60. The Balaban J connectivity index is 2.77. The van der Waals surface area contributed by atoms with Gasteiger partial charge in [0.2, 0.25) is 0 Å². The van der Waals surface area contributed by atoms with E-state index in [1.165, 1.54) is 6.33 Å². The number of nitrogens with zero attached hydrogens (tertiary/aromatic N) is 3. The average Bonchev–Trinajstić information content (AvgIpc) is 2.34. The smallest absolute Gasteiger partial charge is 0.134 e. The van der Waals surface area contributed by atoms with Gasteiger partial charge in [0, 0.05) is 25.7 Å². The van der Waals surface area contributed by atoms with Gasteiger partial charge in [-0.2, -0.15) is 0 Å². The Labute approximate surface area is 115 Å². The maximum atomic E-state index is 10.3. The van der Waals surface area contributed by atoms with Crippen LogP contribution in [0.3, 0.4) is 0 Å². The third-order valence-electron chi connectivity index (χ3n) is 2.83. The first-order valence-corrected chi connectivity index (χ1v) is 6.52. The van der Waals surface area contributed by atoms with Gasteiger partial charge in [-0.3, -0.25) is 0 Å². The second-order valence-corrected chi connectivity index (χ2v) is 5.24. The predicted molar refractivity (Wildman–Crippen MR) is 78.6 cm³/mol. The zero-order valence-corrected chi connectivity index (χ0v) is 12.5. The van der Waals surface area contributed by atoms with Crippen molar-refractivity contribution in [3.8, 4) is 0 Å². The van der Waals surface area contributed by atoms with Crippen molar-refractivity contribution < 1.29 is 5.11 Å². The van der Waals surface area contributed by atoms with Crippen molar-refractivity contribution in [2.45, 2.75) is 25.9 Å². The van der Waals surface area contributed by atoms with Crippen LogP contribution in [0.25, 0.3) is 0 Å². The maximum absolute atomic E-state index is 10.3. The van der Waals surface area contributed by atoms with Gasteiger partial charge in [0.25, 0.3) is 0 Å². The summed E-state index contributed by atoms with van der Waals surface area (Å²) in [5.41, 5.74) is 0.227. The number of rotatable bonds is 7. The molecule has 1 heterocycles. The lowest BCUT2D eigenvalue weighted by molar-refractivity contribution is 0.0459. The van der Waals surface area contributed by atoms with E-state index in [1.54, 1.807) is 0 Å². The van der Waals surface area contributed by atoms with Crippen molar-refractivity contribution >= 4 is 11.6 Å². The fraction of sp³-hybridized carbons (Fsp3) is 0.692. The Hall–Kier alpha value is -1.40. The van der Waals surface area contributed by atoms with Gasteiger partial charge in [-0.15, -0.1) is 0 Å². The zero-order valence-electron chi connectivity index (χ0n) is 12.5. The molecule has 0 saturated heterocycles. The molecule has 3 N–H and O–H groups in total. The van der Waals surface area contributed by atoms with E-state index in [0.29, 0.717) is 13.1 Å². The van der Waals surface area contributed by atoms with E-state index in [0.717, 1.165) is 23.6 Å². The molecule has 0 saturated carbocycles. The molecule has 0 aliphatic heterocycles. The summed E-state index contributed by atoms with van der Waals surface area (Å²) in [4.78, 5) is 10.4. The molecular weight excluding hydrogens is 242 g/mol. The number of aromatic nitrogens is 2. The third kappa shape index (κ3) is 4.65. The van der Waals surface area contributed by atoms with Gasteiger partial charge in [0.05, 0.1) is 5.60 Å². The Morgan fingerprint density at radius 2 is 1.95 bits per heavy atom. The second-order valence-electron chi connectivity index (χ2n) is 5.24. The number of aliphatic hydroxyl groups is 1. The Morgan fingerprint density at radius 3 is 2.47 bits per heavy atom. The Morgan fingerprint density at radius 1 is 1.32 bits per heavy atom. The molecule has 1 rings (SSSR count). The maximum Gasteiger partial charge on any atom is 0.134 e. The molecule has 1 unspecified atom stereocenters. The highest BCUT2D eigenvalue weighted by Gasteiger charge is 2.22. The fourth-order valence-electron chi connectivity index (χ4n) is 2.13. The van der Waals surface area contributed by atoms with Crippen LogP contribution in [0.5, 0.6) is 0 Å². The van der Waals surface area contributed by atoms with Crippen LogP contribution in [0.1, 0.15) is 19.4 Å². The topological polar surface area (TPSA) is 73.3 Å². The summed E-state index contributed by atoms with van der Waals surface area (Å²) >= 11 is 0. The number of likely N-dealkylation sites (N-methyl/N-ethyl adjacent to an activating group) is 1. The van der Waals surface area contributed by atoms with Crippen LogP contribution >= 0.6 is 0 Å². The molecule has 1 atom stereocenters. The molecule has 0 bridgehead atoms. The van der Waals surface area contributed by atoms with Gasteiger partial charge < -0.3 is 20.6 Å². The van der Waals surface area contributed by atoms with Crippen molar-refractivity contribution in [3.05, 3.63) is 11.9 Å². The van der Waals surface area contributed by atoms with Crippen LogP contribution in [-0.2, 0) is 6.42 Å². The van der Waals surface area contributed by atoms with Gasteiger partial charge in [0.1, 0.15) is 18.0 Å².